The van der Waals surface area contributed by atoms with Crippen LogP contribution in [0.15, 0.2) is 41.0 Å². The summed E-state index contributed by atoms with van der Waals surface area (Å²) < 4.78 is 10.8. The van der Waals surface area contributed by atoms with Crippen LogP contribution in [0, 0.1) is 0 Å². The smallest absolute Gasteiger partial charge is 0.133 e. The molecule has 3 nitrogen and oxygen atoms in total. The standard InChI is InChI=1S/C13H6BrN3S2/c14-8-6-15-12(13-11(8)16-19-17-13)10-5-7-3-1-2-4-9(7)18-10/h1-6H. The van der Waals surface area contributed by atoms with Gasteiger partial charge in [0.1, 0.15) is 16.7 Å². The molecule has 0 bridgehead atoms. The topological polar surface area (TPSA) is 38.7 Å². The van der Waals surface area contributed by atoms with E-state index in [1.165, 1.54) is 21.8 Å². The Morgan fingerprint density at radius 2 is 1.89 bits per heavy atom. The molecule has 6 heteroatoms. The van der Waals surface area contributed by atoms with Crippen molar-refractivity contribution >= 4 is 60.1 Å². The molecule has 4 rings (SSSR count). The highest BCUT2D eigenvalue weighted by Gasteiger charge is 2.14. The van der Waals surface area contributed by atoms with E-state index in [-0.39, 0.29) is 0 Å². The minimum Gasteiger partial charge on any atom is -0.252 e. The highest BCUT2D eigenvalue weighted by Crippen LogP contribution is 2.36. The predicted octanol–water partition coefficient (Wildman–Crippen LogP) is 4.73. The van der Waals surface area contributed by atoms with Gasteiger partial charge < -0.3 is 0 Å². The van der Waals surface area contributed by atoms with Crippen molar-refractivity contribution in [1.29, 1.82) is 0 Å². The average Bonchev–Trinajstić information content (AvgIpc) is 3.05. The average molecular weight is 348 g/mol. The zero-order chi connectivity index (χ0) is 12.8. The number of hydrogen-bond donors (Lipinski definition) is 0. The molecule has 4 aromatic rings. The monoisotopic (exact) mass is 347 g/mol. The molecule has 1 aromatic carbocycles. The zero-order valence-corrected chi connectivity index (χ0v) is 12.7. The molecule has 0 radical (unpaired) electrons. The molecule has 0 saturated heterocycles. The minimum atomic E-state index is 0.867. The summed E-state index contributed by atoms with van der Waals surface area (Å²) in [4.78, 5) is 5.64. The first-order valence-corrected chi connectivity index (χ1v) is 7.92. The molecule has 0 N–H and O–H groups in total. The predicted molar refractivity (Wildman–Crippen MR) is 83.7 cm³/mol. The largest absolute Gasteiger partial charge is 0.252 e. The van der Waals surface area contributed by atoms with Gasteiger partial charge in [0.2, 0.25) is 0 Å². The minimum absolute atomic E-state index is 0.867. The van der Waals surface area contributed by atoms with Gasteiger partial charge in [-0.15, -0.1) is 11.3 Å². The van der Waals surface area contributed by atoms with E-state index in [1.807, 2.05) is 6.07 Å². The molecule has 0 saturated carbocycles. The number of hydrogen-bond acceptors (Lipinski definition) is 5. The summed E-state index contributed by atoms with van der Waals surface area (Å²) in [6.45, 7) is 0. The van der Waals surface area contributed by atoms with Crippen LogP contribution in [0.4, 0.5) is 0 Å². The number of rotatable bonds is 1. The fraction of sp³-hybridized carbons (Fsp3) is 0. The fourth-order valence-electron chi connectivity index (χ4n) is 2.02. The number of fused-ring (bicyclic) bond motifs is 2. The highest BCUT2D eigenvalue weighted by molar-refractivity contribution is 9.10. The summed E-state index contributed by atoms with van der Waals surface area (Å²) in [7, 11) is 0. The maximum absolute atomic E-state index is 4.51. The molecular weight excluding hydrogens is 342 g/mol. The van der Waals surface area contributed by atoms with E-state index in [2.05, 4.69) is 53.9 Å². The lowest BCUT2D eigenvalue weighted by atomic mass is 10.2. The lowest BCUT2D eigenvalue weighted by Gasteiger charge is -1.98. The van der Waals surface area contributed by atoms with Crippen LogP contribution in [-0.4, -0.2) is 13.7 Å². The van der Waals surface area contributed by atoms with E-state index in [1.54, 1.807) is 17.5 Å². The van der Waals surface area contributed by atoms with Crippen LogP contribution in [0.3, 0.4) is 0 Å². The number of aromatic nitrogens is 3. The van der Waals surface area contributed by atoms with Gasteiger partial charge in [-0.25, -0.2) is 0 Å². The lowest BCUT2D eigenvalue weighted by molar-refractivity contribution is 1.34. The summed E-state index contributed by atoms with van der Waals surface area (Å²) in [5, 5.41) is 1.24. The Morgan fingerprint density at radius 3 is 2.79 bits per heavy atom. The third-order valence-corrected chi connectivity index (χ3v) is 5.14. The molecule has 0 fully saturated rings. The van der Waals surface area contributed by atoms with Crippen molar-refractivity contribution in [1.82, 2.24) is 13.7 Å². The summed E-state index contributed by atoms with van der Waals surface area (Å²) in [5.74, 6) is 0. The Kier molecular flexibility index (Phi) is 2.61. The van der Waals surface area contributed by atoms with Crippen LogP contribution < -0.4 is 0 Å². The Morgan fingerprint density at radius 1 is 1.05 bits per heavy atom. The SMILES string of the molecule is Brc1cnc(-c2cc3ccccc3s2)c2nsnc12. The molecule has 0 amide bonds. The molecule has 3 aromatic heterocycles. The van der Waals surface area contributed by atoms with E-state index >= 15 is 0 Å². The normalized spacial score (nSPS) is 11.4. The van der Waals surface area contributed by atoms with Crippen LogP contribution in [0.25, 0.3) is 31.7 Å². The van der Waals surface area contributed by atoms with E-state index in [0.717, 1.165) is 26.1 Å². The van der Waals surface area contributed by atoms with E-state index < -0.39 is 0 Å². The van der Waals surface area contributed by atoms with Crippen molar-refractivity contribution in [2.75, 3.05) is 0 Å². The number of nitrogens with zero attached hydrogens (tertiary/aromatic N) is 3. The molecular formula is C13H6BrN3S2. The first kappa shape index (κ1) is 11.5. The molecule has 3 heterocycles. The van der Waals surface area contributed by atoms with E-state index in [4.69, 9.17) is 0 Å². The second kappa shape index (κ2) is 4.33. The van der Waals surface area contributed by atoms with Crippen molar-refractivity contribution in [2.45, 2.75) is 0 Å². The zero-order valence-electron chi connectivity index (χ0n) is 9.50. The van der Waals surface area contributed by atoms with Gasteiger partial charge in [0.05, 0.1) is 21.1 Å². The van der Waals surface area contributed by atoms with Crippen molar-refractivity contribution in [3.8, 4) is 10.6 Å². The molecule has 0 aliphatic carbocycles. The van der Waals surface area contributed by atoms with Gasteiger partial charge in [0.25, 0.3) is 0 Å². The summed E-state index contributed by atoms with van der Waals surface area (Å²) in [6, 6.07) is 10.5. The van der Waals surface area contributed by atoms with Crippen LogP contribution in [0.5, 0.6) is 0 Å². The van der Waals surface area contributed by atoms with Crippen LogP contribution in [0.2, 0.25) is 0 Å². The summed E-state index contributed by atoms with van der Waals surface area (Å²) in [6.07, 6.45) is 1.80. The third kappa shape index (κ3) is 1.79. The van der Waals surface area contributed by atoms with E-state index in [9.17, 15) is 0 Å². The molecule has 0 spiro atoms. The first-order chi connectivity index (χ1) is 9.33. The third-order valence-electron chi connectivity index (χ3n) is 2.90. The maximum atomic E-state index is 4.51. The summed E-state index contributed by atoms with van der Waals surface area (Å²) >= 11 is 6.41. The van der Waals surface area contributed by atoms with Crippen LogP contribution in [0.1, 0.15) is 0 Å². The first-order valence-electron chi connectivity index (χ1n) is 5.58. The molecule has 0 aliphatic rings. The quantitative estimate of drug-likeness (QED) is 0.499. The van der Waals surface area contributed by atoms with Gasteiger partial charge in [-0.05, 0) is 33.4 Å². The number of benzene rings is 1. The second-order valence-corrected chi connectivity index (χ2v) is 6.53. The Bertz CT molecular complexity index is 864. The van der Waals surface area contributed by atoms with Gasteiger partial charge in [-0.3, -0.25) is 4.98 Å². The van der Waals surface area contributed by atoms with Crippen molar-refractivity contribution in [3.05, 3.63) is 41.0 Å². The van der Waals surface area contributed by atoms with Gasteiger partial charge >= 0.3 is 0 Å². The second-order valence-electron chi connectivity index (χ2n) is 4.06. The molecule has 0 unspecified atom stereocenters. The van der Waals surface area contributed by atoms with Crippen molar-refractivity contribution in [2.24, 2.45) is 0 Å². The Labute approximate surface area is 125 Å². The lowest BCUT2D eigenvalue weighted by Crippen LogP contribution is -1.84. The van der Waals surface area contributed by atoms with Gasteiger partial charge in [0, 0.05) is 10.9 Å². The van der Waals surface area contributed by atoms with Crippen LogP contribution >= 0.6 is 39.0 Å². The number of pyridine rings is 1. The Balaban J connectivity index is 2.03. The fourth-order valence-corrected chi connectivity index (χ4v) is 4.14. The number of thiophene rings is 1. The number of halogens is 1. The molecule has 92 valence electrons. The van der Waals surface area contributed by atoms with E-state index in [0.29, 0.717) is 0 Å². The van der Waals surface area contributed by atoms with Gasteiger partial charge in [-0.2, -0.15) is 8.75 Å². The van der Waals surface area contributed by atoms with Gasteiger partial charge in [0.15, 0.2) is 0 Å². The Hall–Kier alpha value is -1.37. The maximum Gasteiger partial charge on any atom is 0.133 e. The van der Waals surface area contributed by atoms with Gasteiger partial charge in [-0.1, -0.05) is 18.2 Å². The highest BCUT2D eigenvalue weighted by atomic mass is 79.9. The summed E-state index contributed by atoms with van der Waals surface area (Å²) in [5.41, 5.74) is 2.66. The van der Waals surface area contributed by atoms with Crippen LogP contribution in [-0.2, 0) is 0 Å². The van der Waals surface area contributed by atoms with Crippen molar-refractivity contribution in [3.63, 3.8) is 0 Å². The molecule has 0 atom stereocenters. The molecule has 0 aliphatic heterocycles. The molecule has 19 heavy (non-hydrogen) atoms. The van der Waals surface area contributed by atoms with Crippen molar-refractivity contribution < 1.29 is 0 Å².